The van der Waals surface area contributed by atoms with E-state index in [-0.39, 0.29) is 6.03 Å². The van der Waals surface area contributed by atoms with Gasteiger partial charge in [0.2, 0.25) is 0 Å². The van der Waals surface area contributed by atoms with Gasteiger partial charge in [-0.1, -0.05) is 18.2 Å². The van der Waals surface area contributed by atoms with Crippen molar-refractivity contribution in [3.8, 4) is 17.2 Å². The summed E-state index contributed by atoms with van der Waals surface area (Å²) < 4.78 is 12.7. The molecule has 2 N–H and O–H groups in total. The summed E-state index contributed by atoms with van der Waals surface area (Å²) in [5.74, 6) is 1.81. The average Bonchev–Trinajstić information content (AvgIpc) is 3.18. The number of benzene rings is 2. The van der Waals surface area contributed by atoms with Crippen LogP contribution in [0.4, 0.5) is 15.4 Å². The van der Waals surface area contributed by atoms with E-state index in [0.717, 1.165) is 10.9 Å². The molecular weight excluding hydrogens is 396 g/mol. The molecule has 0 aliphatic heterocycles. The average molecular weight is 416 g/mol. The normalized spacial score (nSPS) is 10.5. The van der Waals surface area contributed by atoms with Gasteiger partial charge in [0.25, 0.3) is 0 Å². The van der Waals surface area contributed by atoms with Crippen molar-refractivity contribution < 1.29 is 19.1 Å². The third kappa shape index (κ3) is 4.81. The van der Waals surface area contributed by atoms with Gasteiger partial charge in [0.05, 0.1) is 5.52 Å². The SMILES string of the molecule is CCNC(=O)n1ccc2cc(Oc3ccnc(NC(=O)Oc4ccccc4)c3)ccc21. The number of ether oxygens (including phenoxy) is 2. The predicted molar refractivity (Wildman–Crippen MR) is 117 cm³/mol. The molecule has 0 bridgehead atoms. The number of fused-ring (bicyclic) bond motifs is 1. The maximum absolute atomic E-state index is 12.1. The number of carbonyl (C=O) groups is 2. The fraction of sp³-hybridized carbons (Fsp3) is 0.0870. The summed E-state index contributed by atoms with van der Waals surface area (Å²) in [6.45, 7) is 2.42. The van der Waals surface area contributed by atoms with Crippen LogP contribution in [0.3, 0.4) is 0 Å². The molecule has 0 spiro atoms. The van der Waals surface area contributed by atoms with E-state index in [1.165, 1.54) is 6.20 Å². The number of nitrogens with one attached hydrogen (secondary N) is 2. The second kappa shape index (κ2) is 9.00. The molecule has 4 aromatic rings. The third-order valence-corrected chi connectivity index (χ3v) is 4.36. The minimum absolute atomic E-state index is 0.182. The number of aromatic nitrogens is 2. The van der Waals surface area contributed by atoms with Gasteiger partial charge in [-0.05, 0) is 49.4 Å². The number of hydrogen-bond donors (Lipinski definition) is 2. The molecule has 0 atom stereocenters. The molecule has 0 aliphatic carbocycles. The van der Waals surface area contributed by atoms with Gasteiger partial charge < -0.3 is 14.8 Å². The number of carbonyl (C=O) groups excluding carboxylic acids is 2. The van der Waals surface area contributed by atoms with Gasteiger partial charge in [-0.25, -0.2) is 14.6 Å². The van der Waals surface area contributed by atoms with E-state index in [9.17, 15) is 9.59 Å². The minimum Gasteiger partial charge on any atom is -0.457 e. The predicted octanol–water partition coefficient (Wildman–Crippen LogP) is 5.02. The Hall–Kier alpha value is -4.33. The molecule has 31 heavy (non-hydrogen) atoms. The maximum atomic E-state index is 12.1. The van der Waals surface area contributed by atoms with Gasteiger partial charge in [-0.3, -0.25) is 9.88 Å². The Bertz CT molecular complexity index is 1220. The summed E-state index contributed by atoms with van der Waals surface area (Å²) in [4.78, 5) is 28.3. The molecule has 0 saturated heterocycles. The standard InChI is InChI=1S/C23H20N4O4/c1-2-24-22(28)27-13-11-16-14-18(8-9-20(16)27)30-19-10-12-25-21(15-19)26-23(29)31-17-6-4-3-5-7-17/h3-15H,2H2,1H3,(H,24,28)(H,25,26,29). The van der Waals surface area contributed by atoms with Crippen molar-refractivity contribution in [1.29, 1.82) is 0 Å². The lowest BCUT2D eigenvalue weighted by atomic mass is 10.2. The Morgan fingerprint density at radius 1 is 0.968 bits per heavy atom. The van der Waals surface area contributed by atoms with E-state index in [1.54, 1.807) is 53.2 Å². The van der Waals surface area contributed by atoms with E-state index in [1.807, 2.05) is 31.2 Å². The van der Waals surface area contributed by atoms with Crippen LogP contribution in [0.1, 0.15) is 6.92 Å². The Kier molecular flexibility index (Phi) is 5.79. The quantitative estimate of drug-likeness (QED) is 0.477. The Morgan fingerprint density at radius 3 is 2.58 bits per heavy atom. The first-order valence-corrected chi connectivity index (χ1v) is 9.69. The van der Waals surface area contributed by atoms with Crippen LogP contribution in [-0.4, -0.2) is 28.2 Å². The fourth-order valence-electron chi connectivity index (χ4n) is 3.00. The van der Waals surface area contributed by atoms with E-state index in [2.05, 4.69) is 15.6 Å². The summed E-state index contributed by atoms with van der Waals surface area (Å²) in [5, 5.41) is 6.21. The number of rotatable bonds is 5. The Balaban J connectivity index is 1.45. The highest BCUT2D eigenvalue weighted by Gasteiger charge is 2.10. The zero-order valence-corrected chi connectivity index (χ0v) is 16.7. The van der Waals surface area contributed by atoms with Crippen LogP contribution in [-0.2, 0) is 0 Å². The molecule has 2 aromatic carbocycles. The number of hydrogen-bond acceptors (Lipinski definition) is 5. The van der Waals surface area contributed by atoms with Gasteiger partial charge in [-0.15, -0.1) is 0 Å². The van der Waals surface area contributed by atoms with E-state index in [4.69, 9.17) is 9.47 Å². The molecule has 0 saturated carbocycles. The summed E-state index contributed by atoms with van der Waals surface area (Å²) in [6, 6.07) is 19.1. The van der Waals surface area contributed by atoms with Crippen LogP contribution in [0.2, 0.25) is 0 Å². The smallest absolute Gasteiger partial charge is 0.418 e. The highest BCUT2D eigenvalue weighted by molar-refractivity contribution is 5.92. The number of para-hydroxylation sites is 1. The molecule has 0 radical (unpaired) electrons. The number of amides is 2. The van der Waals surface area contributed by atoms with E-state index >= 15 is 0 Å². The third-order valence-electron chi connectivity index (χ3n) is 4.36. The molecule has 4 rings (SSSR count). The molecule has 8 nitrogen and oxygen atoms in total. The lowest BCUT2D eigenvalue weighted by Gasteiger charge is -2.09. The number of nitrogens with zero attached hydrogens (tertiary/aromatic N) is 2. The molecule has 0 fully saturated rings. The Labute approximate surface area is 178 Å². The molecule has 2 amide bonds. The molecule has 0 aliphatic rings. The van der Waals surface area contributed by atoms with Crippen molar-refractivity contribution >= 4 is 28.8 Å². The van der Waals surface area contributed by atoms with Crippen molar-refractivity contribution in [3.63, 3.8) is 0 Å². The first-order valence-electron chi connectivity index (χ1n) is 9.69. The van der Waals surface area contributed by atoms with Gasteiger partial charge in [0, 0.05) is 30.4 Å². The van der Waals surface area contributed by atoms with Gasteiger partial charge in [0.15, 0.2) is 0 Å². The van der Waals surface area contributed by atoms with Gasteiger partial charge in [0.1, 0.15) is 23.1 Å². The molecule has 2 aromatic heterocycles. The summed E-state index contributed by atoms with van der Waals surface area (Å²) in [6.07, 6.45) is 2.59. The van der Waals surface area contributed by atoms with Crippen LogP contribution in [0.5, 0.6) is 17.2 Å². The van der Waals surface area contributed by atoms with Crippen molar-refractivity contribution in [2.75, 3.05) is 11.9 Å². The highest BCUT2D eigenvalue weighted by Crippen LogP contribution is 2.27. The van der Waals surface area contributed by atoms with Crippen LogP contribution in [0.25, 0.3) is 10.9 Å². The van der Waals surface area contributed by atoms with Crippen molar-refractivity contribution in [1.82, 2.24) is 14.9 Å². The van der Waals surface area contributed by atoms with Crippen LogP contribution in [0, 0.1) is 0 Å². The zero-order valence-electron chi connectivity index (χ0n) is 16.7. The van der Waals surface area contributed by atoms with E-state index < -0.39 is 6.09 Å². The van der Waals surface area contributed by atoms with Crippen LogP contribution in [0.15, 0.2) is 79.1 Å². The number of anilines is 1. The van der Waals surface area contributed by atoms with Crippen LogP contribution < -0.4 is 20.1 Å². The zero-order chi connectivity index (χ0) is 21.6. The maximum Gasteiger partial charge on any atom is 0.418 e. The molecule has 0 unspecified atom stereocenters. The first kappa shape index (κ1) is 20.0. The molecule has 8 heteroatoms. The fourth-order valence-corrected chi connectivity index (χ4v) is 3.00. The second-order valence-corrected chi connectivity index (χ2v) is 6.55. The highest BCUT2D eigenvalue weighted by atomic mass is 16.6. The number of pyridine rings is 1. The molecule has 2 heterocycles. The van der Waals surface area contributed by atoms with Gasteiger partial charge in [-0.2, -0.15) is 0 Å². The van der Waals surface area contributed by atoms with Crippen LogP contribution >= 0.6 is 0 Å². The first-order chi connectivity index (χ1) is 15.1. The summed E-state index contributed by atoms with van der Waals surface area (Å²) >= 11 is 0. The van der Waals surface area contributed by atoms with Crippen molar-refractivity contribution in [2.24, 2.45) is 0 Å². The van der Waals surface area contributed by atoms with Gasteiger partial charge >= 0.3 is 12.1 Å². The summed E-state index contributed by atoms with van der Waals surface area (Å²) in [5.41, 5.74) is 0.777. The monoisotopic (exact) mass is 416 g/mol. The topological polar surface area (TPSA) is 94.5 Å². The Morgan fingerprint density at radius 2 is 1.77 bits per heavy atom. The van der Waals surface area contributed by atoms with E-state index in [0.29, 0.717) is 29.6 Å². The second-order valence-electron chi connectivity index (χ2n) is 6.55. The van der Waals surface area contributed by atoms with Crippen molar-refractivity contribution in [3.05, 3.63) is 79.1 Å². The molecular formula is C23H20N4O4. The largest absolute Gasteiger partial charge is 0.457 e. The lowest BCUT2D eigenvalue weighted by molar-refractivity contribution is 0.215. The van der Waals surface area contributed by atoms with Crippen molar-refractivity contribution in [2.45, 2.75) is 6.92 Å². The minimum atomic E-state index is -0.649. The lowest BCUT2D eigenvalue weighted by Crippen LogP contribution is -2.27. The summed E-state index contributed by atoms with van der Waals surface area (Å²) in [7, 11) is 0. The molecule has 156 valence electrons.